The van der Waals surface area contributed by atoms with E-state index < -0.39 is 34.7 Å². The third kappa shape index (κ3) is 3.95. The van der Waals surface area contributed by atoms with Crippen LogP contribution < -0.4 is 10.6 Å². The molecule has 27 heavy (non-hydrogen) atoms. The average Bonchev–Trinajstić information content (AvgIpc) is 3.11. The van der Waals surface area contributed by atoms with Crippen LogP contribution in [0.15, 0.2) is 42.5 Å². The number of carbonyl (C=O) groups is 1. The van der Waals surface area contributed by atoms with Crippen LogP contribution in [0.25, 0.3) is 11.3 Å². The molecule has 0 spiro atoms. The second-order valence-corrected chi connectivity index (χ2v) is 5.70. The highest BCUT2D eigenvalue weighted by molar-refractivity contribution is 7.80. The van der Waals surface area contributed by atoms with Crippen molar-refractivity contribution in [1.29, 1.82) is 0 Å². The van der Waals surface area contributed by atoms with E-state index in [1.54, 1.807) is 6.07 Å². The number of anilines is 1. The molecule has 1 aromatic heterocycles. The molecule has 0 atom stereocenters. The van der Waals surface area contributed by atoms with Crippen LogP contribution in [0.5, 0.6) is 0 Å². The fourth-order valence-corrected chi connectivity index (χ4v) is 2.40. The van der Waals surface area contributed by atoms with Crippen molar-refractivity contribution in [1.82, 2.24) is 15.5 Å². The maximum absolute atomic E-state index is 13.6. The first-order valence-electron chi connectivity index (χ1n) is 7.43. The van der Waals surface area contributed by atoms with Crippen molar-refractivity contribution in [2.24, 2.45) is 0 Å². The highest BCUT2D eigenvalue weighted by Crippen LogP contribution is 2.20. The van der Waals surface area contributed by atoms with Crippen LogP contribution in [-0.4, -0.2) is 21.2 Å². The minimum Gasteiger partial charge on any atom is -0.316 e. The van der Waals surface area contributed by atoms with Gasteiger partial charge in [0.05, 0.1) is 11.3 Å². The molecular weight excluding hydrogens is 384 g/mol. The first-order valence-corrected chi connectivity index (χ1v) is 7.84. The van der Waals surface area contributed by atoms with Crippen molar-refractivity contribution in [3.63, 3.8) is 0 Å². The lowest BCUT2D eigenvalue weighted by molar-refractivity contribution is 0.0971. The summed E-state index contributed by atoms with van der Waals surface area (Å²) in [6, 6.07) is 11.1. The SMILES string of the molecule is O=C(NC(=S)Nc1cc(-c2ccccc2)[nH]n1)c1cc(F)c(F)c(F)c1F. The van der Waals surface area contributed by atoms with Crippen LogP contribution >= 0.6 is 12.2 Å². The largest absolute Gasteiger partial charge is 0.316 e. The van der Waals surface area contributed by atoms with Gasteiger partial charge in [0, 0.05) is 6.07 Å². The Bertz CT molecular complexity index is 1020. The van der Waals surface area contributed by atoms with Gasteiger partial charge in [-0.1, -0.05) is 30.3 Å². The summed E-state index contributed by atoms with van der Waals surface area (Å²) < 4.78 is 53.0. The van der Waals surface area contributed by atoms with Crippen molar-refractivity contribution >= 4 is 29.1 Å². The summed E-state index contributed by atoms with van der Waals surface area (Å²) in [5, 5.41) is 11.0. The summed E-state index contributed by atoms with van der Waals surface area (Å²) in [7, 11) is 0. The van der Waals surface area contributed by atoms with Crippen molar-refractivity contribution in [2.75, 3.05) is 5.32 Å². The van der Waals surface area contributed by atoms with Crippen LogP contribution in [0.4, 0.5) is 23.4 Å². The molecule has 2 aromatic carbocycles. The number of hydrogen-bond acceptors (Lipinski definition) is 3. The van der Waals surface area contributed by atoms with Crippen LogP contribution in [0, 0.1) is 23.3 Å². The second kappa shape index (κ2) is 7.54. The zero-order valence-corrected chi connectivity index (χ0v) is 14.1. The lowest BCUT2D eigenvalue weighted by Gasteiger charge is -2.09. The van der Waals surface area contributed by atoms with Gasteiger partial charge in [0.25, 0.3) is 5.91 Å². The molecule has 0 saturated heterocycles. The molecule has 3 aromatic rings. The zero-order chi connectivity index (χ0) is 19.6. The van der Waals surface area contributed by atoms with Crippen LogP contribution in [0.1, 0.15) is 10.4 Å². The van der Waals surface area contributed by atoms with E-state index in [0.29, 0.717) is 5.69 Å². The van der Waals surface area contributed by atoms with Gasteiger partial charge in [-0.15, -0.1) is 0 Å². The Hall–Kier alpha value is -3.27. The molecule has 1 heterocycles. The van der Waals surface area contributed by atoms with Crippen molar-refractivity contribution in [3.05, 3.63) is 71.3 Å². The van der Waals surface area contributed by atoms with Gasteiger partial charge >= 0.3 is 0 Å². The molecule has 0 unspecified atom stereocenters. The number of thiocarbonyl (C=S) groups is 1. The number of halogens is 4. The maximum atomic E-state index is 13.6. The minimum atomic E-state index is -2.08. The first-order chi connectivity index (χ1) is 12.9. The minimum absolute atomic E-state index is 0.244. The summed E-state index contributed by atoms with van der Waals surface area (Å²) in [5.41, 5.74) is 0.496. The number of aromatic nitrogens is 2. The summed E-state index contributed by atoms with van der Waals surface area (Å²) in [4.78, 5) is 11.9. The summed E-state index contributed by atoms with van der Waals surface area (Å²) >= 11 is 4.89. The lowest BCUT2D eigenvalue weighted by Crippen LogP contribution is -2.35. The third-order valence-electron chi connectivity index (χ3n) is 3.48. The average molecular weight is 394 g/mol. The van der Waals surface area contributed by atoms with Gasteiger partial charge < -0.3 is 5.32 Å². The Kier molecular flexibility index (Phi) is 5.17. The fraction of sp³-hybridized carbons (Fsp3) is 0. The summed E-state index contributed by atoms with van der Waals surface area (Å²) in [6.45, 7) is 0. The number of aromatic amines is 1. The van der Waals surface area contributed by atoms with Gasteiger partial charge in [-0.05, 0) is 23.8 Å². The molecule has 0 aliphatic rings. The topological polar surface area (TPSA) is 69.8 Å². The second-order valence-electron chi connectivity index (χ2n) is 5.29. The van der Waals surface area contributed by atoms with Gasteiger partial charge in [-0.25, -0.2) is 17.6 Å². The van der Waals surface area contributed by atoms with Crippen LogP contribution in [0.2, 0.25) is 0 Å². The first kappa shape index (κ1) is 18.5. The molecule has 1 amide bonds. The monoisotopic (exact) mass is 394 g/mol. The predicted octanol–water partition coefficient (Wildman–Crippen LogP) is 3.76. The van der Waals surface area contributed by atoms with Gasteiger partial charge in [0.15, 0.2) is 34.2 Å². The van der Waals surface area contributed by atoms with Crippen molar-refractivity contribution in [2.45, 2.75) is 0 Å². The number of rotatable bonds is 3. The van der Waals surface area contributed by atoms with E-state index in [-0.39, 0.29) is 17.0 Å². The third-order valence-corrected chi connectivity index (χ3v) is 3.68. The Labute approximate surface area is 155 Å². The van der Waals surface area contributed by atoms with E-state index in [4.69, 9.17) is 12.2 Å². The molecule has 0 saturated carbocycles. The molecule has 5 nitrogen and oxygen atoms in total. The molecule has 0 radical (unpaired) electrons. The number of carbonyl (C=O) groups excluding carboxylic acids is 1. The number of amides is 1. The molecule has 0 bridgehead atoms. The van der Waals surface area contributed by atoms with Gasteiger partial charge in [0.1, 0.15) is 0 Å². The number of H-pyrrole nitrogens is 1. The van der Waals surface area contributed by atoms with Crippen molar-refractivity contribution < 1.29 is 22.4 Å². The normalized spacial score (nSPS) is 10.5. The van der Waals surface area contributed by atoms with E-state index in [0.717, 1.165) is 5.56 Å². The Balaban J connectivity index is 1.70. The number of nitrogens with zero attached hydrogens (tertiary/aromatic N) is 1. The van der Waals surface area contributed by atoms with E-state index in [1.807, 2.05) is 35.6 Å². The highest BCUT2D eigenvalue weighted by atomic mass is 32.1. The summed E-state index contributed by atoms with van der Waals surface area (Å²) in [6.07, 6.45) is 0. The Morgan fingerprint density at radius 3 is 2.41 bits per heavy atom. The zero-order valence-electron chi connectivity index (χ0n) is 13.3. The smallest absolute Gasteiger partial charge is 0.260 e. The van der Waals surface area contributed by atoms with E-state index >= 15 is 0 Å². The van der Waals surface area contributed by atoms with E-state index in [1.165, 1.54) is 0 Å². The molecule has 3 rings (SSSR count). The molecule has 138 valence electrons. The number of hydrogen-bond donors (Lipinski definition) is 3. The number of benzene rings is 2. The van der Waals surface area contributed by atoms with Gasteiger partial charge in [-0.3, -0.25) is 15.2 Å². The van der Waals surface area contributed by atoms with Gasteiger partial charge in [-0.2, -0.15) is 5.10 Å². The van der Waals surface area contributed by atoms with Crippen LogP contribution in [-0.2, 0) is 0 Å². The molecule has 0 aliphatic heterocycles. The molecule has 3 N–H and O–H groups in total. The Morgan fingerprint density at radius 1 is 1.00 bits per heavy atom. The van der Waals surface area contributed by atoms with E-state index in [9.17, 15) is 22.4 Å². The molecule has 0 fully saturated rings. The molecule has 10 heteroatoms. The highest BCUT2D eigenvalue weighted by Gasteiger charge is 2.23. The molecular formula is C17H10F4N4OS. The van der Waals surface area contributed by atoms with E-state index in [2.05, 4.69) is 15.5 Å². The molecule has 0 aliphatic carbocycles. The lowest BCUT2D eigenvalue weighted by atomic mass is 10.1. The van der Waals surface area contributed by atoms with Crippen LogP contribution in [0.3, 0.4) is 0 Å². The van der Waals surface area contributed by atoms with Gasteiger partial charge in [0.2, 0.25) is 0 Å². The number of nitrogens with one attached hydrogen (secondary N) is 3. The fourth-order valence-electron chi connectivity index (χ4n) is 2.21. The maximum Gasteiger partial charge on any atom is 0.260 e. The standard InChI is InChI=1S/C17H10F4N4OS/c18-10-6-9(13(19)15(21)14(10)20)16(26)23-17(27)22-12-7-11(24-25-12)8-4-2-1-3-5-8/h1-7H,(H3,22,23,24,25,26,27). The predicted molar refractivity (Wildman–Crippen MR) is 94.0 cm³/mol. The van der Waals surface area contributed by atoms with Crippen molar-refractivity contribution in [3.8, 4) is 11.3 Å². The Morgan fingerprint density at radius 2 is 1.70 bits per heavy atom. The quantitative estimate of drug-likeness (QED) is 0.274. The summed E-state index contributed by atoms with van der Waals surface area (Å²) in [5.74, 6) is -8.61.